The van der Waals surface area contributed by atoms with Gasteiger partial charge in [-0.25, -0.2) is 8.42 Å². The second-order valence-electron chi connectivity index (χ2n) is 4.97. The largest absolute Gasteiger partial charge is 0.283 e. The number of anilines is 1. The minimum atomic E-state index is -3.59. The van der Waals surface area contributed by atoms with Gasteiger partial charge in [-0.2, -0.15) is 0 Å². The van der Waals surface area contributed by atoms with Crippen molar-refractivity contribution in [3.05, 3.63) is 33.9 Å². The summed E-state index contributed by atoms with van der Waals surface area (Å²) in [5.74, 6) is 0. The van der Waals surface area contributed by atoms with Crippen molar-refractivity contribution in [1.82, 2.24) is 0 Å². The fourth-order valence-corrected chi connectivity index (χ4v) is 1.95. The zero-order chi connectivity index (χ0) is 14.1. The Labute approximate surface area is 106 Å². The average molecular weight is 272 g/mol. The second kappa shape index (κ2) is 4.56. The van der Waals surface area contributed by atoms with E-state index in [0.717, 1.165) is 0 Å². The summed E-state index contributed by atoms with van der Waals surface area (Å²) in [5, 5.41) is 10.7. The molecule has 0 aromatic heterocycles. The van der Waals surface area contributed by atoms with Crippen molar-refractivity contribution in [3.63, 3.8) is 0 Å². The number of nitrogens with zero attached hydrogens (tertiary/aromatic N) is 1. The first-order valence-corrected chi connectivity index (χ1v) is 6.80. The van der Waals surface area contributed by atoms with Crippen LogP contribution in [-0.4, -0.2) is 18.1 Å². The van der Waals surface area contributed by atoms with Gasteiger partial charge in [0.25, 0.3) is 5.69 Å². The van der Waals surface area contributed by atoms with E-state index in [0.29, 0.717) is 5.56 Å². The molecule has 6 nitrogen and oxygen atoms in total. The molecule has 0 heterocycles. The van der Waals surface area contributed by atoms with Crippen LogP contribution in [0.25, 0.3) is 0 Å². The van der Waals surface area contributed by atoms with E-state index in [9.17, 15) is 18.5 Å². The van der Waals surface area contributed by atoms with Crippen LogP contribution in [0.15, 0.2) is 18.2 Å². The molecule has 0 fully saturated rings. The molecule has 0 aliphatic carbocycles. The van der Waals surface area contributed by atoms with Crippen molar-refractivity contribution in [2.24, 2.45) is 0 Å². The Hall–Kier alpha value is -1.63. The van der Waals surface area contributed by atoms with Crippen LogP contribution in [0.2, 0.25) is 0 Å². The summed E-state index contributed by atoms with van der Waals surface area (Å²) in [5.41, 5.74) is 0.722. The van der Waals surface area contributed by atoms with Gasteiger partial charge in [0.15, 0.2) is 0 Å². The molecule has 1 aromatic carbocycles. The van der Waals surface area contributed by atoms with Crippen molar-refractivity contribution in [1.29, 1.82) is 0 Å². The van der Waals surface area contributed by atoms with Crippen molar-refractivity contribution in [2.45, 2.75) is 32.4 Å². The predicted molar refractivity (Wildman–Crippen MR) is 70.1 cm³/mol. The van der Waals surface area contributed by atoms with Gasteiger partial charge in [-0.15, -0.1) is 0 Å². The summed E-state index contributed by atoms with van der Waals surface area (Å²) in [6.07, 6.45) is 0. The number of aryl methyl sites for hydroxylation is 1. The number of benzene rings is 1. The Morgan fingerprint density at radius 2 is 1.83 bits per heavy atom. The summed E-state index contributed by atoms with van der Waals surface area (Å²) in [6, 6.07) is 4.07. The van der Waals surface area contributed by atoms with Crippen LogP contribution in [-0.2, 0) is 10.0 Å². The molecule has 0 saturated heterocycles. The van der Waals surface area contributed by atoms with Crippen LogP contribution in [0, 0.1) is 17.0 Å². The molecule has 0 saturated carbocycles. The van der Waals surface area contributed by atoms with E-state index < -0.39 is 19.7 Å². The maximum Gasteiger partial charge on any atom is 0.271 e. The molecule has 1 aromatic rings. The number of nitro groups is 1. The zero-order valence-corrected chi connectivity index (χ0v) is 11.5. The molecule has 1 N–H and O–H groups in total. The number of hydrogen-bond donors (Lipinski definition) is 1. The Balaban J connectivity index is 3.20. The molecule has 7 heteroatoms. The van der Waals surface area contributed by atoms with Gasteiger partial charge >= 0.3 is 0 Å². The molecule has 0 unspecified atom stereocenters. The number of sulfonamides is 1. The lowest BCUT2D eigenvalue weighted by atomic mass is 10.2. The molecule has 0 aliphatic heterocycles. The van der Waals surface area contributed by atoms with Crippen LogP contribution < -0.4 is 4.72 Å². The van der Waals surface area contributed by atoms with E-state index in [1.54, 1.807) is 27.7 Å². The fourth-order valence-electron chi connectivity index (χ4n) is 1.13. The highest BCUT2D eigenvalue weighted by Gasteiger charge is 2.29. The molecule has 18 heavy (non-hydrogen) atoms. The van der Waals surface area contributed by atoms with Crippen molar-refractivity contribution in [3.8, 4) is 0 Å². The smallest absolute Gasteiger partial charge is 0.271 e. The van der Waals surface area contributed by atoms with Gasteiger partial charge in [-0.1, -0.05) is 6.07 Å². The summed E-state index contributed by atoms with van der Waals surface area (Å²) in [7, 11) is -3.59. The number of non-ortho nitro benzene ring substituents is 1. The Morgan fingerprint density at radius 1 is 1.28 bits per heavy atom. The van der Waals surface area contributed by atoms with Gasteiger partial charge < -0.3 is 0 Å². The summed E-state index contributed by atoms with van der Waals surface area (Å²) in [6.45, 7) is 6.36. The highest BCUT2D eigenvalue weighted by atomic mass is 32.2. The van der Waals surface area contributed by atoms with Crippen LogP contribution in [0.1, 0.15) is 26.3 Å². The minimum absolute atomic E-state index is 0.146. The molecular formula is C11H16N2O4S. The molecule has 0 atom stereocenters. The first kappa shape index (κ1) is 14.4. The van der Waals surface area contributed by atoms with Crippen LogP contribution in [0.3, 0.4) is 0 Å². The lowest BCUT2D eigenvalue weighted by Crippen LogP contribution is -2.33. The van der Waals surface area contributed by atoms with E-state index in [2.05, 4.69) is 4.72 Å². The van der Waals surface area contributed by atoms with Crippen molar-refractivity contribution < 1.29 is 13.3 Å². The van der Waals surface area contributed by atoms with Gasteiger partial charge in [0, 0.05) is 12.1 Å². The molecule has 0 aliphatic rings. The molecule has 0 radical (unpaired) electrons. The van der Waals surface area contributed by atoms with E-state index in [-0.39, 0.29) is 11.4 Å². The molecule has 1 rings (SSSR count). The number of rotatable bonds is 3. The molecule has 0 amide bonds. The third-order valence-electron chi connectivity index (χ3n) is 2.48. The first-order chi connectivity index (χ1) is 8.04. The lowest BCUT2D eigenvalue weighted by molar-refractivity contribution is -0.384. The Bertz CT molecular complexity index is 573. The van der Waals surface area contributed by atoms with E-state index in [1.165, 1.54) is 18.2 Å². The maximum absolute atomic E-state index is 12.0. The van der Waals surface area contributed by atoms with Crippen molar-refractivity contribution >= 4 is 21.4 Å². The second-order valence-corrected chi connectivity index (χ2v) is 7.41. The topological polar surface area (TPSA) is 89.3 Å². The average Bonchev–Trinajstić information content (AvgIpc) is 2.18. The SMILES string of the molecule is Cc1ccc([N+](=O)[O-])cc1NS(=O)(=O)C(C)(C)C. The molecule has 0 bridgehead atoms. The molecular weight excluding hydrogens is 256 g/mol. The Kier molecular flexibility index (Phi) is 3.66. The van der Waals surface area contributed by atoms with Gasteiger partial charge in [-0.3, -0.25) is 14.8 Å². The third kappa shape index (κ3) is 2.98. The first-order valence-electron chi connectivity index (χ1n) is 5.32. The molecule has 100 valence electrons. The van der Waals surface area contributed by atoms with E-state index in [1.807, 2.05) is 0 Å². The third-order valence-corrected chi connectivity index (χ3v) is 4.58. The number of nitro benzene ring substituents is 1. The predicted octanol–water partition coefficient (Wildman–Crippen LogP) is 2.44. The summed E-state index contributed by atoms with van der Waals surface area (Å²) in [4.78, 5) is 10.1. The molecule has 0 spiro atoms. The number of nitrogens with one attached hydrogen (secondary N) is 1. The van der Waals surface area contributed by atoms with Crippen LogP contribution in [0.4, 0.5) is 11.4 Å². The highest BCUT2D eigenvalue weighted by molar-refractivity contribution is 7.94. The van der Waals surface area contributed by atoms with Gasteiger partial charge in [0.2, 0.25) is 10.0 Å². The Morgan fingerprint density at radius 3 is 2.28 bits per heavy atom. The maximum atomic E-state index is 12.0. The van der Waals surface area contributed by atoms with Gasteiger partial charge in [-0.05, 0) is 33.3 Å². The summed E-state index contributed by atoms with van der Waals surface area (Å²) >= 11 is 0. The zero-order valence-electron chi connectivity index (χ0n) is 10.7. The monoisotopic (exact) mass is 272 g/mol. The normalized spacial score (nSPS) is 12.2. The van der Waals surface area contributed by atoms with Crippen LogP contribution >= 0.6 is 0 Å². The fraction of sp³-hybridized carbons (Fsp3) is 0.455. The quantitative estimate of drug-likeness (QED) is 0.676. The van der Waals surface area contributed by atoms with E-state index in [4.69, 9.17) is 0 Å². The van der Waals surface area contributed by atoms with Gasteiger partial charge in [0.1, 0.15) is 0 Å². The number of hydrogen-bond acceptors (Lipinski definition) is 4. The standard InChI is InChI=1S/C11H16N2O4S/c1-8-5-6-9(13(14)15)7-10(8)12-18(16,17)11(2,3)4/h5-7,12H,1-4H3. The minimum Gasteiger partial charge on any atom is -0.283 e. The highest BCUT2D eigenvalue weighted by Crippen LogP contribution is 2.25. The van der Waals surface area contributed by atoms with E-state index >= 15 is 0 Å². The lowest BCUT2D eigenvalue weighted by Gasteiger charge is -2.21. The van der Waals surface area contributed by atoms with Crippen LogP contribution in [0.5, 0.6) is 0 Å². The van der Waals surface area contributed by atoms with Gasteiger partial charge in [0.05, 0.1) is 15.4 Å². The summed E-state index contributed by atoms with van der Waals surface area (Å²) < 4.78 is 25.4. The van der Waals surface area contributed by atoms with Crippen molar-refractivity contribution in [2.75, 3.05) is 4.72 Å².